The molecule has 0 aromatic heterocycles. The van der Waals surface area contributed by atoms with Gasteiger partial charge < -0.3 is 14.8 Å². The number of anilines is 1. The highest BCUT2D eigenvalue weighted by Gasteiger charge is 2.10. The lowest BCUT2D eigenvalue weighted by Crippen LogP contribution is -2.18. The molecule has 0 aliphatic heterocycles. The van der Waals surface area contributed by atoms with Gasteiger partial charge in [-0.1, -0.05) is 23.8 Å². The highest BCUT2D eigenvalue weighted by molar-refractivity contribution is 5.97. The Bertz CT molecular complexity index is 1210. The summed E-state index contributed by atoms with van der Waals surface area (Å²) in [6, 6.07) is 16.3. The molecule has 2 amide bonds. The van der Waals surface area contributed by atoms with E-state index in [1.807, 2.05) is 12.1 Å². The number of rotatable bonds is 8. The average molecular weight is 460 g/mol. The Balaban J connectivity index is 1.65. The fourth-order valence-electron chi connectivity index (χ4n) is 3.64. The number of aryl methyl sites for hydroxylation is 3. The van der Waals surface area contributed by atoms with Crippen LogP contribution in [0.15, 0.2) is 59.7 Å². The Morgan fingerprint density at radius 3 is 2.38 bits per heavy atom. The molecule has 3 rings (SSSR count). The van der Waals surface area contributed by atoms with Crippen LogP contribution in [0.1, 0.15) is 45.1 Å². The van der Waals surface area contributed by atoms with Crippen molar-refractivity contribution in [3.05, 3.63) is 88.0 Å². The second kappa shape index (κ2) is 11.1. The fourth-order valence-corrected chi connectivity index (χ4v) is 3.64. The van der Waals surface area contributed by atoms with E-state index in [0.717, 1.165) is 11.1 Å². The zero-order valence-corrected chi connectivity index (χ0v) is 20.1. The van der Waals surface area contributed by atoms with Gasteiger partial charge in [-0.15, -0.1) is 0 Å². The lowest BCUT2D eigenvalue weighted by atomic mass is 10.0. The maximum Gasteiger partial charge on any atom is 0.271 e. The van der Waals surface area contributed by atoms with E-state index in [9.17, 15) is 9.59 Å². The van der Waals surface area contributed by atoms with Crippen molar-refractivity contribution >= 4 is 23.7 Å². The number of hydrogen-bond donors (Lipinski definition) is 2. The standard InChI is InChI=1S/C27H29N3O4/c1-17-11-18(2)24(19(3)12-17)16-34-25-10-9-21(13-26(25)33-5)15-28-30-27(32)22-7-6-8-23(14-22)29-20(4)31/h6-15H,16H2,1-5H3,(H,29,31)(H,30,32). The molecule has 0 saturated carbocycles. The van der Waals surface area contributed by atoms with Crippen molar-refractivity contribution in [3.63, 3.8) is 0 Å². The number of benzene rings is 3. The van der Waals surface area contributed by atoms with Crippen LogP contribution in [0.4, 0.5) is 5.69 Å². The lowest BCUT2D eigenvalue weighted by Gasteiger charge is -2.15. The minimum absolute atomic E-state index is 0.207. The normalized spacial score (nSPS) is 10.7. The van der Waals surface area contributed by atoms with E-state index in [4.69, 9.17) is 9.47 Å². The van der Waals surface area contributed by atoms with Gasteiger partial charge in [-0.25, -0.2) is 5.43 Å². The van der Waals surface area contributed by atoms with Crippen LogP contribution in [0.25, 0.3) is 0 Å². The van der Waals surface area contributed by atoms with Gasteiger partial charge in [0.05, 0.1) is 13.3 Å². The third kappa shape index (κ3) is 6.45. The van der Waals surface area contributed by atoms with Crippen molar-refractivity contribution in [2.45, 2.75) is 34.3 Å². The Hall–Kier alpha value is -4.13. The molecule has 7 nitrogen and oxygen atoms in total. The van der Waals surface area contributed by atoms with Gasteiger partial charge in [0.25, 0.3) is 5.91 Å². The van der Waals surface area contributed by atoms with Gasteiger partial charge >= 0.3 is 0 Å². The Labute approximate surface area is 199 Å². The fraction of sp³-hybridized carbons (Fsp3) is 0.222. The molecule has 0 unspecified atom stereocenters. The molecule has 0 aliphatic carbocycles. The minimum atomic E-state index is -0.390. The number of methoxy groups -OCH3 is 1. The largest absolute Gasteiger partial charge is 0.493 e. The molecular formula is C27H29N3O4. The highest BCUT2D eigenvalue weighted by Crippen LogP contribution is 2.29. The van der Waals surface area contributed by atoms with Gasteiger partial charge in [0.1, 0.15) is 6.61 Å². The molecule has 3 aromatic rings. The molecule has 34 heavy (non-hydrogen) atoms. The van der Waals surface area contributed by atoms with Crippen molar-refractivity contribution in [1.29, 1.82) is 0 Å². The van der Waals surface area contributed by atoms with Crippen LogP contribution < -0.4 is 20.2 Å². The molecule has 0 atom stereocenters. The first-order valence-electron chi connectivity index (χ1n) is 10.9. The number of hydrazone groups is 1. The summed E-state index contributed by atoms with van der Waals surface area (Å²) in [5.74, 6) is 0.596. The summed E-state index contributed by atoms with van der Waals surface area (Å²) in [6.07, 6.45) is 1.52. The molecule has 0 aliphatic rings. The molecule has 0 heterocycles. The summed E-state index contributed by atoms with van der Waals surface area (Å²) in [7, 11) is 1.58. The monoisotopic (exact) mass is 459 g/mol. The van der Waals surface area contributed by atoms with Gasteiger partial charge in [0.15, 0.2) is 11.5 Å². The van der Waals surface area contributed by atoms with Crippen LogP contribution in [-0.2, 0) is 11.4 Å². The zero-order valence-electron chi connectivity index (χ0n) is 20.1. The van der Waals surface area contributed by atoms with E-state index < -0.39 is 0 Å². The van der Waals surface area contributed by atoms with Gasteiger partial charge in [-0.05, 0) is 79.4 Å². The van der Waals surface area contributed by atoms with E-state index in [1.54, 1.807) is 37.4 Å². The predicted molar refractivity (Wildman–Crippen MR) is 134 cm³/mol. The minimum Gasteiger partial charge on any atom is -0.493 e. The van der Waals surface area contributed by atoms with Gasteiger partial charge in [0.2, 0.25) is 5.91 Å². The molecular weight excluding hydrogens is 430 g/mol. The average Bonchev–Trinajstić information content (AvgIpc) is 2.78. The van der Waals surface area contributed by atoms with Crippen molar-refractivity contribution in [3.8, 4) is 11.5 Å². The molecule has 2 N–H and O–H groups in total. The van der Waals surface area contributed by atoms with Crippen LogP contribution in [0, 0.1) is 20.8 Å². The maximum atomic E-state index is 12.4. The zero-order chi connectivity index (χ0) is 24.7. The number of nitrogens with zero attached hydrogens (tertiary/aromatic N) is 1. The van der Waals surface area contributed by atoms with Crippen molar-refractivity contribution in [1.82, 2.24) is 5.43 Å². The first kappa shape index (κ1) is 24.5. The number of ether oxygens (including phenoxy) is 2. The second-order valence-electron chi connectivity index (χ2n) is 8.04. The topological polar surface area (TPSA) is 89.0 Å². The number of nitrogens with one attached hydrogen (secondary N) is 2. The lowest BCUT2D eigenvalue weighted by molar-refractivity contribution is -0.114. The number of carbonyl (C=O) groups is 2. The summed E-state index contributed by atoms with van der Waals surface area (Å²) in [5.41, 5.74) is 8.92. The molecule has 3 aromatic carbocycles. The Morgan fingerprint density at radius 1 is 0.971 bits per heavy atom. The van der Waals surface area contributed by atoms with E-state index in [2.05, 4.69) is 48.7 Å². The predicted octanol–water partition coefficient (Wildman–Crippen LogP) is 4.92. The summed E-state index contributed by atoms with van der Waals surface area (Å²) in [6.45, 7) is 8.10. The summed E-state index contributed by atoms with van der Waals surface area (Å²) in [4.78, 5) is 23.6. The molecule has 0 radical (unpaired) electrons. The van der Waals surface area contributed by atoms with Gasteiger partial charge in [0, 0.05) is 18.2 Å². The van der Waals surface area contributed by atoms with E-state index >= 15 is 0 Å². The van der Waals surface area contributed by atoms with Gasteiger partial charge in [-0.2, -0.15) is 5.10 Å². The van der Waals surface area contributed by atoms with E-state index in [0.29, 0.717) is 29.4 Å². The van der Waals surface area contributed by atoms with E-state index in [-0.39, 0.29) is 11.8 Å². The first-order valence-corrected chi connectivity index (χ1v) is 10.9. The third-order valence-electron chi connectivity index (χ3n) is 5.22. The first-order chi connectivity index (χ1) is 16.3. The van der Waals surface area contributed by atoms with E-state index in [1.165, 1.54) is 29.8 Å². The summed E-state index contributed by atoms with van der Waals surface area (Å²) in [5, 5.41) is 6.68. The number of amides is 2. The maximum absolute atomic E-state index is 12.4. The number of hydrogen-bond acceptors (Lipinski definition) is 5. The molecule has 176 valence electrons. The number of carbonyl (C=O) groups excluding carboxylic acids is 2. The van der Waals surface area contributed by atoms with Crippen LogP contribution in [0.3, 0.4) is 0 Å². The van der Waals surface area contributed by atoms with Crippen molar-refractivity contribution < 1.29 is 19.1 Å². The third-order valence-corrected chi connectivity index (χ3v) is 5.22. The summed E-state index contributed by atoms with van der Waals surface area (Å²) < 4.78 is 11.5. The smallest absolute Gasteiger partial charge is 0.271 e. The SMILES string of the molecule is COc1cc(C=NNC(=O)c2cccc(NC(C)=O)c2)ccc1OCc1c(C)cc(C)cc1C. The second-order valence-corrected chi connectivity index (χ2v) is 8.04. The molecule has 0 spiro atoms. The van der Waals surface area contributed by atoms with Gasteiger partial charge in [-0.3, -0.25) is 9.59 Å². The molecule has 0 fully saturated rings. The van der Waals surface area contributed by atoms with Crippen molar-refractivity contribution in [2.24, 2.45) is 5.10 Å². The van der Waals surface area contributed by atoms with Crippen molar-refractivity contribution in [2.75, 3.05) is 12.4 Å². The highest BCUT2D eigenvalue weighted by atomic mass is 16.5. The van der Waals surface area contributed by atoms with Crippen LogP contribution in [0.5, 0.6) is 11.5 Å². The van der Waals surface area contributed by atoms with Crippen LogP contribution in [-0.4, -0.2) is 25.1 Å². The Morgan fingerprint density at radius 2 is 1.71 bits per heavy atom. The van der Waals surface area contributed by atoms with Crippen LogP contribution >= 0.6 is 0 Å². The quantitative estimate of drug-likeness (QED) is 0.370. The molecule has 7 heteroatoms. The molecule has 0 bridgehead atoms. The van der Waals surface area contributed by atoms with Crippen LogP contribution in [0.2, 0.25) is 0 Å². The molecule has 0 saturated heterocycles. The summed E-state index contributed by atoms with van der Waals surface area (Å²) >= 11 is 0. The Kier molecular flexibility index (Phi) is 8.03.